The summed E-state index contributed by atoms with van der Waals surface area (Å²) in [7, 11) is 0. The molecule has 1 saturated heterocycles. The number of piperidine rings is 1. The van der Waals surface area contributed by atoms with Gasteiger partial charge in [0.1, 0.15) is 5.54 Å². The molecule has 98 valence electrons. The summed E-state index contributed by atoms with van der Waals surface area (Å²) in [6.45, 7) is 7.64. The Kier molecular flexibility index (Phi) is 5.42. The first-order chi connectivity index (χ1) is 7.96. The van der Waals surface area contributed by atoms with E-state index < -0.39 is 5.54 Å². The van der Waals surface area contributed by atoms with Crippen molar-refractivity contribution >= 4 is 0 Å². The van der Waals surface area contributed by atoms with Crippen molar-refractivity contribution in [2.75, 3.05) is 6.54 Å². The van der Waals surface area contributed by atoms with Crippen LogP contribution in [0, 0.1) is 11.3 Å². The maximum atomic E-state index is 8.84. The lowest BCUT2D eigenvalue weighted by atomic mass is 9.95. The first-order valence-electron chi connectivity index (χ1n) is 6.92. The largest absolute Gasteiger partial charge is 0.314 e. The number of nitriles is 1. The number of rotatable bonds is 5. The first-order valence-corrected chi connectivity index (χ1v) is 6.92. The van der Waals surface area contributed by atoms with E-state index in [2.05, 4.69) is 24.8 Å². The highest BCUT2D eigenvalue weighted by Crippen LogP contribution is 2.23. The third kappa shape index (κ3) is 4.65. The zero-order valence-electron chi connectivity index (χ0n) is 11.6. The Morgan fingerprint density at radius 1 is 1.29 bits per heavy atom. The van der Waals surface area contributed by atoms with Crippen molar-refractivity contribution in [3.8, 4) is 6.07 Å². The van der Waals surface area contributed by atoms with Crippen LogP contribution in [-0.4, -0.2) is 29.1 Å². The van der Waals surface area contributed by atoms with Crippen molar-refractivity contribution in [3.05, 3.63) is 0 Å². The summed E-state index contributed by atoms with van der Waals surface area (Å²) in [6, 6.07) is 3.60. The topological polar surface area (TPSA) is 53.0 Å². The molecular weight excluding hydrogens is 210 g/mol. The molecular formula is C14H27N3. The predicted molar refractivity (Wildman–Crippen MR) is 71.5 cm³/mol. The van der Waals surface area contributed by atoms with Crippen LogP contribution in [0.4, 0.5) is 0 Å². The molecule has 1 aliphatic heterocycles. The third-order valence-corrected chi connectivity index (χ3v) is 3.99. The smallest absolute Gasteiger partial charge is 0.101 e. The van der Waals surface area contributed by atoms with E-state index in [-0.39, 0.29) is 0 Å². The summed E-state index contributed by atoms with van der Waals surface area (Å²) >= 11 is 0. The maximum absolute atomic E-state index is 8.84. The normalized spacial score (nSPS) is 29.6. The van der Waals surface area contributed by atoms with Crippen LogP contribution in [0.15, 0.2) is 0 Å². The van der Waals surface area contributed by atoms with E-state index in [4.69, 9.17) is 11.0 Å². The van der Waals surface area contributed by atoms with Gasteiger partial charge >= 0.3 is 0 Å². The fourth-order valence-corrected chi connectivity index (χ4v) is 2.76. The van der Waals surface area contributed by atoms with E-state index in [0.29, 0.717) is 0 Å². The number of nitrogens with zero attached hydrogens (tertiary/aromatic N) is 2. The second kappa shape index (κ2) is 6.37. The monoisotopic (exact) mass is 237 g/mol. The summed E-state index contributed by atoms with van der Waals surface area (Å²) in [5.41, 5.74) is 5.18. The number of hydrogen-bond donors (Lipinski definition) is 1. The Morgan fingerprint density at radius 2 is 1.88 bits per heavy atom. The van der Waals surface area contributed by atoms with E-state index in [1.165, 1.54) is 19.3 Å². The minimum absolute atomic E-state index is 0.640. The minimum atomic E-state index is -0.640. The van der Waals surface area contributed by atoms with Crippen molar-refractivity contribution < 1.29 is 0 Å². The Balaban J connectivity index is 2.24. The van der Waals surface area contributed by atoms with E-state index >= 15 is 0 Å². The van der Waals surface area contributed by atoms with Gasteiger partial charge in [0.2, 0.25) is 0 Å². The fraction of sp³-hybridized carbons (Fsp3) is 0.929. The van der Waals surface area contributed by atoms with E-state index in [9.17, 15) is 0 Å². The molecule has 1 unspecified atom stereocenters. The van der Waals surface area contributed by atoms with Crippen LogP contribution in [0.2, 0.25) is 0 Å². The quantitative estimate of drug-likeness (QED) is 0.748. The van der Waals surface area contributed by atoms with Crippen molar-refractivity contribution in [1.82, 2.24) is 4.90 Å². The van der Waals surface area contributed by atoms with Crippen molar-refractivity contribution in [2.24, 2.45) is 5.73 Å². The Morgan fingerprint density at radius 3 is 2.41 bits per heavy atom. The van der Waals surface area contributed by atoms with Crippen LogP contribution < -0.4 is 5.73 Å². The highest BCUT2D eigenvalue weighted by molar-refractivity contribution is 5.00. The van der Waals surface area contributed by atoms with Crippen molar-refractivity contribution in [3.63, 3.8) is 0 Å². The Labute approximate surface area is 106 Å². The summed E-state index contributed by atoms with van der Waals surface area (Å²) < 4.78 is 0. The zero-order valence-corrected chi connectivity index (χ0v) is 11.6. The molecule has 0 bridgehead atoms. The minimum Gasteiger partial charge on any atom is -0.314 e. The van der Waals surface area contributed by atoms with Gasteiger partial charge in [-0.15, -0.1) is 0 Å². The molecule has 0 saturated carbocycles. The van der Waals surface area contributed by atoms with Crippen LogP contribution in [0.25, 0.3) is 0 Å². The molecule has 1 heterocycles. The number of hydrogen-bond acceptors (Lipinski definition) is 3. The molecule has 0 aliphatic carbocycles. The van der Waals surface area contributed by atoms with Crippen molar-refractivity contribution in [1.29, 1.82) is 5.26 Å². The lowest BCUT2D eigenvalue weighted by molar-refractivity contribution is 0.101. The summed E-state index contributed by atoms with van der Waals surface area (Å²) in [5, 5.41) is 8.84. The second-order valence-electron chi connectivity index (χ2n) is 5.85. The van der Waals surface area contributed by atoms with E-state index in [1.807, 2.05) is 6.92 Å². The average Bonchev–Trinajstić information content (AvgIpc) is 2.27. The van der Waals surface area contributed by atoms with Gasteiger partial charge in [-0.1, -0.05) is 6.42 Å². The summed E-state index contributed by atoms with van der Waals surface area (Å²) in [6.07, 6.45) is 7.04. The predicted octanol–water partition coefficient (Wildman–Crippen LogP) is 2.66. The van der Waals surface area contributed by atoms with E-state index in [0.717, 1.165) is 37.9 Å². The molecule has 0 spiro atoms. The molecule has 1 aliphatic rings. The molecule has 3 nitrogen and oxygen atoms in total. The van der Waals surface area contributed by atoms with Crippen LogP contribution in [-0.2, 0) is 0 Å². The van der Waals surface area contributed by atoms with Gasteiger partial charge in [-0.05, 0) is 59.4 Å². The molecule has 0 aromatic rings. The molecule has 0 amide bonds. The van der Waals surface area contributed by atoms with E-state index in [1.54, 1.807) is 0 Å². The van der Waals surface area contributed by atoms with Crippen molar-refractivity contribution in [2.45, 2.75) is 76.9 Å². The van der Waals surface area contributed by atoms with Gasteiger partial charge in [-0.25, -0.2) is 0 Å². The van der Waals surface area contributed by atoms with Gasteiger partial charge in [0.25, 0.3) is 0 Å². The van der Waals surface area contributed by atoms with Gasteiger partial charge in [-0.3, -0.25) is 4.90 Å². The van der Waals surface area contributed by atoms with Gasteiger partial charge in [0, 0.05) is 12.1 Å². The van der Waals surface area contributed by atoms with Gasteiger partial charge in [0.15, 0.2) is 0 Å². The molecule has 17 heavy (non-hydrogen) atoms. The van der Waals surface area contributed by atoms with Crippen LogP contribution >= 0.6 is 0 Å². The highest BCUT2D eigenvalue weighted by Gasteiger charge is 2.24. The van der Waals surface area contributed by atoms with Crippen LogP contribution in [0.3, 0.4) is 0 Å². The molecule has 0 radical (unpaired) electrons. The second-order valence-corrected chi connectivity index (χ2v) is 5.85. The molecule has 1 rings (SSSR count). The molecule has 1 fully saturated rings. The summed E-state index contributed by atoms with van der Waals surface area (Å²) in [5.74, 6) is 0. The SMILES string of the molecule is C[C@@H]1CCC[C@H](C)N1CCCCC(C)(N)C#N. The highest BCUT2D eigenvalue weighted by atomic mass is 15.2. The Bertz CT molecular complexity index is 257. The number of likely N-dealkylation sites (tertiary alicyclic amines) is 1. The van der Waals surface area contributed by atoms with Gasteiger partial charge in [0.05, 0.1) is 6.07 Å². The molecule has 0 aromatic carbocycles. The van der Waals surface area contributed by atoms with Gasteiger partial charge < -0.3 is 5.73 Å². The molecule has 3 atom stereocenters. The maximum Gasteiger partial charge on any atom is 0.101 e. The standard InChI is InChI=1S/C14H27N3/c1-12-7-6-8-13(2)17(12)10-5-4-9-14(3,16)11-15/h12-13H,4-10,16H2,1-3H3/t12-,13+,14?. The number of nitrogens with two attached hydrogens (primary N) is 1. The first kappa shape index (κ1) is 14.5. The van der Waals surface area contributed by atoms with Gasteiger partial charge in [-0.2, -0.15) is 5.26 Å². The van der Waals surface area contributed by atoms with Crippen LogP contribution in [0.1, 0.15) is 59.3 Å². The zero-order chi connectivity index (χ0) is 12.9. The molecule has 0 aromatic heterocycles. The Hall–Kier alpha value is -0.590. The molecule has 3 heteroatoms. The lowest BCUT2D eigenvalue weighted by Crippen LogP contribution is -2.44. The number of unbranched alkanes of at least 4 members (excludes halogenated alkanes) is 1. The van der Waals surface area contributed by atoms with Crippen LogP contribution in [0.5, 0.6) is 0 Å². The molecule has 2 N–H and O–H groups in total. The fourth-order valence-electron chi connectivity index (χ4n) is 2.76. The average molecular weight is 237 g/mol. The third-order valence-electron chi connectivity index (χ3n) is 3.99. The lowest BCUT2D eigenvalue weighted by Gasteiger charge is -2.39. The summed E-state index contributed by atoms with van der Waals surface area (Å²) in [4.78, 5) is 2.61.